The smallest absolute Gasteiger partial charge is 0.462 e. The molecule has 11 heteroatoms. The van der Waals surface area contributed by atoms with Crippen LogP contribution in [0.4, 0.5) is 0 Å². The topological polar surface area (TPSA) is 125 Å². The van der Waals surface area contributed by atoms with Crippen molar-refractivity contribution in [1.82, 2.24) is 0 Å². The Kier molecular flexibility index (Phi) is 38.2. The quantitative estimate of drug-likeness (QED) is 0.0121. The number of likely N-dealkylation sites (N-methyl/N-ethyl adjacent to an activating group) is 1. The van der Waals surface area contributed by atoms with E-state index in [9.17, 15) is 23.8 Å². The van der Waals surface area contributed by atoms with E-state index in [1.54, 1.807) is 6.08 Å². The molecule has 0 rings (SSSR count). The zero-order valence-corrected chi connectivity index (χ0v) is 39.1. The molecule has 0 aromatic rings. The summed E-state index contributed by atoms with van der Waals surface area (Å²) in [4.78, 5) is 47.5. The van der Waals surface area contributed by atoms with Crippen molar-refractivity contribution in [1.29, 1.82) is 0 Å². The van der Waals surface area contributed by atoms with Crippen LogP contribution in [0.2, 0.25) is 0 Å². The molecule has 0 fully saturated rings. The fourth-order valence-electron chi connectivity index (χ4n) is 6.08. The summed E-state index contributed by atoms with van der Waals surface area (Å²) in [5.74, 6) is -0.776. The molecule has 0 heterocycles. The van der Waals surface area contributed by atoms with Crippen LogP contribution in [0.1, 0.15) is 187 Å². The number of hydrogen-bond acceptors (Lipinski definition) is 8. The van der Waals surface area contributed by atoms with Gasteiger partial charge in [0.15, 0.2) is 11.9 Å². The molecule has 0 spiro atoms. The maximum Gasteiger partial charge on any atom is 0.472 e. The molecule has 0 bridgehead atoms. The van der Waals surface area contributed by atoms with Crippen molar-refractivity contribution in [2.24, 2.45) is 0 Å². The maximum absolute atomic E-state index is 12.7. The van der Waals surface area contributed by atoms with Gasteiger partial charge >= 0.3 is 19.8 Å². The van der Waals surface area contributed by atoms with Gasteiger partial charge in [-0.1, -0.05) is 146 Å². The van der Waals surface area contributed by atoms with Crippen molar-refractivity contribution in [3.05, 3.63) is 48.6 Å². The standard InChI is InChI=1S/C48H86NO9P/c1-6-8-10-12-14-15-16-17-18-19-20-21-22-23-24-25-27-31-35-39-47(51)55-43-46(44-57-59(53,54)56-42-41-49(3,4)5)58-48(52)40-36-32-28-30-34-38-45(50)37-33-29-26-13-11-9-7-2/h14-15,17-18,26,29,33,37,46H,6-13,16,19-25,27-28,30-32,34-36,38-44H2,1-5H3/p+1/b15-14-,18-17-,29-26-,37-33+/t46-/m1/s1. The van der Waals surface area contributed by atoms with Gasteiger partial charge in [0.1, 0.15) is 19.8 Å². The molecule has 1 N–H and O–H groups in total. The molecule has 0 radical (unpaired) electrons. The number of carbonyl (C=O) groups excluding carboxylic acids is 3. The van der Waals surface area contributed by atoms with Gasteiger partial charge in [-0.2, -0.15) is 0 Å². The summed E-state index contributed by atoms with van der Waals surface area (Å²) in [5, 5.41) is 0. The van der Waals surface area contributed by atoms with Crippen LogP contribution in [-0.2, 0) is 37.5 Å². The van der Waals surface area contributed by atoms with E-state index in [4.69, 9.17) is 18.5 Å². The first-order valence-electron chi connectivity index (χ1n) is 23.3. The number of rotatable bonds is 42. The van der Waals surface area contributed by atoms with E-state index < -0.39 is 32.5 Å². The number of carbonyl (C=O) groups is 3. The Hall–Kier alpha value is -2.36. The predicted molar refractivity (Wildman–Crippen MR) is 243 cm³/mol. The Morgan fingerprint density at radius 1 is 0.576 bits per heavy atom. The molecular formula is C48H87NO9P+. The van der Waals surface area contributed by atoms with Gasteiger partial charge in [-0.25, -0.2) is 4.57 Å². The number of unbranched alkanes of at least 4 members (excludes halogenated alkanes) is 19. The maximum atomic E-state index is 12.7. The van der Waals surface area contributed by atoms with E-state index >= 15 is 0 Å². The van der Waals surface area contributed by atoms with Gasteiger partial charge in [0.25, 0.3) is 0 Å². The number of quaternary nitrogens is 1. The minimum atomic E-state index is -4.41. The molecule has 0 aromatic carbocycles. The molecule has 0 aliphatic carbocycles. The lowest BCUT2D eigenvalue weighted by molar-refractivity contribution is -0.870. The largest absolute Gasteiger partial charge is 0.472 e. The van der Waals surface area contributed by atoms with Crippen molar-refractivity contribution in [3.63, 3.8) is 0 Å². The highest BCUT2D eigenvalue weighted by atomic mass is 31.2. The first-order valence-corrected chi connectivity index (χ1v) is 24.8. The Morgan fingerprint density at radius 3 is 1.63 bits per heavy atom. The first kappa shape index (κ1) is 56.6. The third-order valence-corrected chi connectivity index (χ3v) is 10.8. The Bertz CT molecular complexity index is 1210. The van der Waals surface area contributed by atoms with E-state index in [2.05, 4.69) is 44.2 Å². The van der Waals surface area contributed by atoms with Crippen molar-refractivity contribution in [2.75, 3.05) is 47.5 Å². The van der Waals surface area contributed by atoms with Crippen LogP contribution in [0.3, 0.4) is 0 Å². The highest BCUT2D eigenvalue weighted by molar-refractivity contribution is 7.47. The van der Waals surface area contributed by atoms with Gasteiger partial charge in [-0.05, 0) is 70.3 Å². The van der Waals surface area contributed by atoms with Gasteiger partial charge in [0.05, 0.1) is 27.7 Å². The summed E-state index contributed by atoms with van der Waals surface area (Å²) in [6.45, 7) is 4.20. The number of phosphoric ester groups is 1. The summed E-state index contributed by atoms with van der Waals surface area (Å²) in [5.41, 5.74) is 0. The van der Waals surface area contributed by atoms with Crippen LogP contribution in [-0.4, -0.2) is 80.7 Å². The zero-order valence-electron chi connectivity index (χ0n) is 38.2. The molecule has 342 valence electrons. The normalized spacial score (nSPS) is 13.9. The van der Waals surface area contributed by atoms with E-state index in [-0.39, 0.29) is 31.8 Å². The molecule has 0 amide bonds. The van der Waals surface area contributed by atoms with E-state index in [0.717, 1.165) is 64.2 Å². The van der Waals surface area contributed by atoms with Crippen LogP contribution < -0.4 is 0 Å². The zero-order chi connectivity index (χ0) is 43.7. The first-order chi connectivity index (χ1) is 28.4. The van der Waals surface area contributed by atoms with Gasteiger partial charge in [-0.15, -0.1) is 0 Å². The second-order valence-corrected chi connectivity index (χ2v) is 18.3. The summed E-state index contributed by atoms with van der Waals surface area (Å²) >= 11 is 0. The minimum absolute atomic E-state index is 0.00763. The number of hydrogen-bond donors (Lipinski definition) is 1. The average molecular weight is 853 g/mol. The lowest BCUT2D eigenvalue weighted by atomic mass is 10.1. The summed E-state index contributed by atoms with van der Waals surface area (Å²) < 4.78 is 34.2. The van der Waals surface area contributed by atoms with E-state index in [1.807, 2.05) is 33.3 Å². The van der Waals surface area contributed by atoms with Gasteiger partial charge in [0, 0.05) is 19.3 Å². The van der Waals surface area contributed by atoms with Crippen molar-refractivity contribution < 1.29 is 46.8 Å². The Labute approximate surface area is 360 Å². The monoisotopic (exact) mass is 853 g/mol. The molecule has 1 unspecified atom stereocenters. The predicted octanol–water partition coefficient (Wildman–Crippen LogP) is 12.6. The van der Waals surface area contributed by atoms with E-state index in [0.29, 0.717) is 30.3 Å². The van der Waals surface area contributed by atoms with Crippen LogP contribution in [0, 0.1) is 0 Å². The Balaban J connectivity index is 4.39. The summed E-state index contributed by atoms with van der Waals surface area (Å²) in [7, 11) is 1.39. The van der Waals surface area contributed by atoms with Gasteiger partial charge in [-0.3, -0.25) is 23.4 Å². The number of esters is 2. The minimum Gasteiger partial charge on any atom is -0.462 e. The molecule has 0 saturated heterocycles. The third kappa shape index (κ3) is 43.5. The number of allylic oxidation sites excluding steroid dienone is 8. The van der Waals surface area contributed by atoms with Crippen molar-refractivity contribution in [3.8, 4) is 0 Å². The number of phosphoric acid groups is 1. The molecule has 10 nitrogen and oxygen atoms in total. The second-order valence-electron chi connectivity index (χ2n) is 16.8. The second kappa shape index (κ2) is 39.8. The van der Waals surface area contributed by atoms with Crippen LogP contribution >= 0.6 is 7.82 Å². The molecule has 0 aliphatic rings. The lowest BCUT2D eigenvalue weighted by Gasteiger charge is -2.24. The number of ether oxygens (including phenoxy) is 2. The fourth-order valence-corrected chi connectivity index (χ4v) is 6.83. The average Bonchev–Trinajstić information content (AvgIpc) is 3.18. The van der Waals surface area contributed by atoms with Crippen LogP contribution in [0.5, 0.6) is 0 Å². The third-order valence-electron chi connectivity index (χ3n) is 9.81. The molecular weight excluding hydrogens is 766 g/mol. The summed E-state index contributed by atoms with van der Waals surface area (Å²) in [6.07, 6.45) is 42.6. The lowest BCUT2D eigenvalue weighted by Crippen LogP contribution is -2.37. The molecule has 59 heavy (non-hydrogen) atoms. The van der Waals surface area contributed by atoms with Crippen LogP contribution in [0.25, 0.3) is 0 Å². The highest BCUT2D eigenvalue weighted by Crippen LogP contribution is 2.43. The van der Waals surface area contributed by atoms with Gasteiger partial charge < -0.3 is 18.9 Å². The summed E-state index contributed by atoms with van der Waals surface area (Å²) in [6, 6.07) is 0. The fraction of sp³-hybridized carbons (Fsp3) is 0.771. The molecule has 2 atom stereocenters. The van der Waals surface area contributed by atoms with Crippen molar-refractivity contribution >= 4 is 25.5 Å². The molecule has 0 aromatic heterocycles. The molecule has 0 aliphatic heterocycles. The number of ketones is 1. The Morgan fingerprint density at radius 2 is 1.07 bits per heavy atom. The van der Waals surface area contributed by atoms with Gasteiger partial charge in [0.2, 0.25) is 0 Å². The number of nitrogens with zero attached hydrogens (tertiary/aromatic N) is 1. The van der Waals surface area contributed by atoms with Crippen LogP contribution in [0.15, 0.2) is 48.6 Å². The highest BCUT2D eigenvalue weighted by Gasteiger charge is 2.27. The molecule has 0 saturated carbocycles. The SMILES string of the molecule is CCCCC/C=C\C=C\C(=O)CCCCCCCC(=O)O[C@H](COC(=O)CCCCCCCCCCC/C=C\C/C=C\CCCCC)COP(=O)(O)OCC[N+](C)(C)C. The van der Waals surface area contributed by atoms with E-state index in [1.165, 1.54) is 77.0 Å². The van der Waals surface area contributed by atoms with Crippen molar-refractivity contribution in [2.45, 2.75) is 193 Å².